The van der Waals surface area contributed by atoms with E-state index in [9.17, 15) is 9.90 Å². The predicted molar refractivity (Wildman–Crippen MR) is 59.5 cm³/mol. The van der Waals surface area contributed by atoms with Crippen LogP contribution in [0.5, 0.6) is 0 Å². The summed E-state index contributed by atoms with van der Waals surface area (Å²) in [5, 5.41) is 12.3. The third-order valence-corrected chi connectivity index (χ3v) is 3.64. The van der Waals surface area contributed by atoms with Gasteiger partial charge in [-0.1, -0.05) is 0 Å². The molecule has 16 heavy (non-hydrogen) atoms. The predicted octanol–water partition coefficient (Wildman–Crippen LogP) is 1.10. The van der Waals surface area contributed by atoms with Crippen LogP contribution in [0.25, 0.3) is 0 Å². The van der Waals surface area contributed by atoms with Gasteiger partial charge < -0.3 is 9.67 Å². The highest BCUT2D eigenvalue weighted by atomic mass is 16.4. The molecule has 86 valence electrons. The number of aryl methyl sites for hydroxylation is 1. The van der Waals surface area contributed by atoms with Crippen LogP contribution in [0.15, 0.2) is 6.07 Å². The van der Waals surface area contributed by atoms with E-state index < -0.39 is 12.0 Å². The lowest BCUT2D eigenvalue weighted by Crippen LogP contribution is -2.36. The highest BCUT2D eigenvalue weighted by Crippen LogP contribution is 2.30. The van der Waals surface area contributed by atoms with Gasteiger partial charge >= 0.3 is 5.97 Å². The summed E-state index contributed by atoms with van der Waals surface area (Å²) in [7, 11) is 0. The average molecular weight is 220 g/mol. The topological polar surface area (TPSA) is 54.3 Å². The maximum atomic E-state index is 11.2. The van der Waals surface area contributed by atoms with E-state index in [1.807, 2.05) is 0 Å². The molecule has 0 radical (unpaired) electrons. The first-order valence-electron chi connectivity index (χ1n) is 5.95. The third-order valence-electron chi connectivity index (χ3n) is 3.64. The van der Waals surface area contributed by atoms with Gasteiger partial charge in [-0.15, -0.1) is 0 Å². The quantitative estimate of drug-likeness (QED) is 0.745. The molecule has 1 aromatic rings. The van der Waals surface area contributed by atoms with Crippen LogP contribution >= 0.6 is 0 Å². The fourth-order valence-corrected chi connectivity index (χ4v) is 2.92. The minimum absolute atomic E-state index is 0.504. The van der Waals surface area contributed by atoms with Gasteiger partial charge in [-0.25, -0.2) is 0 Å². The van der Waals surface area contributed by atoms with E-state index in [-0.39, 0.29) is 0 Å². The molecule has 2 aliphatic heterocycles. The van der Waals surface area contributed by atoms with Gasteiger partial charge in [-0.2, -0.15) is 0 Å². The zero-order valence-corrected chi connectivity index (χ0v) is 9.20. The second-order valence-corrected chi connectivity index (χ2v) is 4.63. The van der Waals surface area contributed by atoms with Crippen molar-refractivity contribution >= 4 is 5.97 Å². The van der Waals surface area contributed by atoms with Crippen LogP contribution in [0.4, 0.5) is 0 Å². The van der Waals surface area contributed by atoms with Gasteiger partial charge in [0.05, 0.1) is 0 Å². The van der Waals surface area contributed by atoms with Crippen LogP contribution in [-0.4, -0.2) is 22.2 Å². The second kappa shape index (κ2) is 3.63. The molecule has 1 aromatic heterocycles. The summed E-state index contributed by atoms with van der Waals surface area (Å²) in [4.78, 5) is 11.2. The Hall–Kier alpha value is -1.29. The molecule has 4 heteroatoms. The fraction of sp³-hybridized carbons (Fsp3) is 0.583. The molecular formula is C12H16N2O2. The lowest BCUT2D eigenvalue weighted by atomic mass is 10.0. The summed E-state index contributed by atoms with van der Waals surface area (Å²) >= 11 is 0. The van der Waals surface area contributed by atoms with Crippen molar-refractivity contribution < 1.29 is 9.90 Å². The lowest BCUT2D eigenvalue weighted by Gasteiger charge is -2.25. The summed E-state index contributed by atoms with van der Waals surface area (Å²) in [5.41, 5.74) is 3.57. The normalized spacial score (nSPS) is 23.6. The van der Waals surface area contributed by atoms with E-state index in [0.29, 0.717) is 0 Å². The minimum Gasteiger partial charge on any atom is -0.480 e. The molecule has 2 aliphatic rings. The Labute approximate surface area is 94.3 Å². The van der Waals surface area contributed by atoms with Crippen LogP contribution < -0.4 is 5.32 Å². The Kier molecular flexibility index (Phi) is 2.24. The first-order valence-corrected chi connectivity index (χ1v) is 5.95. The number of fused-ring (bicyclic) bond motifs is 3. The summed E-state index contributed by atoms with van der Waals surface area (Å²) in [6, 6.07) is 1.71. The van der Waals surface area contributed by atoms with Crippen LogP contribution in [0.1, 0.15) is 35.8 Å². The van der Waals surface area contributed by atoms with Crippen LogP contribution in [0.3, 0.4) is 0 Å². The molecule has 3 rings (SSSR count). The van der Waals surface area contributed by atoms with Gasteiger partial charge in [-0.3, -0.25) is 10.1 Å². The Morgan fingerprint density at radius 3 is 3.12 bits per heavy atom. The highest BCUT2D eigenvalue weighted by molar-refractivity contribution is 5.76. The molecule has 0 aliphatic carbocycles. The molecule has 1 unspecified atom stereocenters. The average Bonchev–Trinajstić information content (AvgIpc) is 2.66. The Bertz CT molecular complexity index is 436. The van der Waals surface area contributed by atoms with Crippen LogP contribution in [0, 0.1) is 0 Å². The molecule has 0 fully saturated rings. The van der Waals surface area contributed by atoms with Crippen molar-refractivity contribution in [2.24, 2.45) is 0 Å². The van der Waals surface area contributed by atoms with Crippen molar-refractivity contribution in [1.29, 1.82) is 0 Å². The minimum atomic E-state index is -0.757. The van der Waals surface area contributed by atoms with Gasteiger partial charge in [-0.05, 0) is 37.3 Å². The number of nitrogens with zero attached hydrogens (tertiary/aromatic N) is 1. The summed E-state index contributed by atoms with van der Waals surface area (Å²) in [6.07, 6.45) is 4.45. The molecule has 0 saturated heterocycles. The van der Waals surface area contributed by atoms with Crippen molar-refractivity contribution in [3.05, 3.63) is 23.0 Å². The largest absolute Gasteiger partial charge is 0.480 e. The van der Waals surface area contributed by atoms with Gasteiger partial charge in [0.15, 0.2) is 0 Å². The van der Waals surface area contributed by atoms with E-state index in [1.165, 1.54) is 24.1 Å². The fourth-order valence-electron chi connectivity index (χ4n) is 2.92. The number of carboxylic acid groups (broad SMARTS) is 1. The van der Waals surface area contributed by atoms with Crippen LogP contribution in [0.2, 0.25) is 0 Å². The maximum absolute atomic E-state index is 11.2. The molecule has 2 N–H and O–H groups in total. The van der Waals surface area contributed by atoms with E-state index in [4.69, 9.17) is 0 Å². The number of carboxylic acids is 1. The molecule has 3 heterocycles. The highest BCUT2D eigenvalue weighted by Gasteiger charge is 2.31. The molecule has 0 aromatic carbocycles. The van der Waals surface area contributed by atoms with Gasteiger partial charge in [0.2, 0.25) is 0 Å². The first-order chi connectivity index (χ1) is 7.77. The third kappa shape index (κ3) is 1.37. The van der Waals surface area contributed by atoms with E-state index >= 15 is 0 Å². The van der Waals surface area contributed by atoms with Crippen molar-refractivity contribution in [1.82, 2.24) is 9.88 Å². The van der Waals surface area contributed by atoms with E-state index in [0.717, 1.165) is 31.6 Å². The Balaban J connectivity index is 2.11. The second-order valence-electron chi connectivity index (χ2n) is 4.63. The SMILES string of the molecule is O=C(O)C1NCCc2cc3n(c21)CCCC3. The number of rotatable bonds is 1. The van der Waals surface area contributed by atoms with Gasteiger partial charge in [0.1, 0.15) is 6.04 Å². The smallest absolute Gasteiger partial charge is 0.326 e. The zero-order chi connectivity index (χ0) is 11.1. The van der Waals surface area contributed by atoms with Crippen molar-refractivity contribution in [2.75, 3.05) is 6.54 Å². The number of carbonyl (C=O) groups is 1. The van der Waals surface area contributed by atoms with Crippen molar-refractivity contribution in [3.8, 4) is 0 Å². The van der Waals surface area contributed by atoms with Gasteiger partial charge in [0.25, 0.3) is 0 Å². The zero-order valence-electron chi connectivity index (χ0n) is 9.20. The molecule has 0 bridgehead atoms. The standard InChI is InChI=1S/C12H16N2O2/c15-12(16)10-11-8(4-5-13-10)7-9-3-1-2-6-14(9)11/h7,10,13H,1-6H2,(H,15,16). The Morgan fingerprint density at radius 2 is 2.31 bits per heavy atom. The number of aromatic nitrogens is 1. The summed E-state index contributed by atoms with van der Waals surface area (Å²) < 4.78 is 2.23. The molecule has 0 saturated carbocycles. The lowest BCUT2D eigenvalue weighted by molar-refractivity contribution is -0.140. The molecule has 1 atom stereocenters. The number of hydrogen-bond acceptors (Lipinski definition) is 2. The monoisotopic (exact) mass is 220 g/mol. The van der Waals surface area contributed by atoms with Gasteiger partial charge in [0, 0.05) is 24.5 Å². The maximum Gasteiger partial charge on any atom is 0.326 e. The number of aliphatic carboxylic acids is 1. The Morgan fingerprint density at radius 1 is 1.44 bits per heavy atom. The molecular weight excluding hydrogens is 204 g/mol. The molecule has 0 spiro atoms. The van der Waals surface area contributed by atoms with Crippen LogP contribution in [-0.2, 0) is 24.2 Å². The number of nitrogens with one attached hydrogen (secondary N) is 1. The van der Waals surface area contributed by atoms with Crippen molar-refractivity contribution in [3.63, 3.8) is 0 Å². The van der Waals surface area contributed by atoms with Crippen molar-refractivity contribution in [2.45, 2.75) is 38.3 Å². The summed E-state index contributed by atoms with van der Waals surface area (Å²) in [5.74, 6) is -0.757. The molecule has 4 nitrogen and oxygen atoms in total. The van der Waals surface area contributed by atoms with E-state index in [2.05, 4.69) is 16.0 Å². The summed E-state index contributed by atoms with van der Waals surface area (Å²) in [6.45, 7) is 1.75. The first kappa shape index (κ1) is 9.90. The van der Waals surface area contributed by atoms with E-state index in [1.54, 1.807) is 0 Å². The number of hydrogen-bond donors (Lipinski definition) is 2. The molecule has 0 amide bonds.